The van der Waals surface area contributed by atoms with E-state index < -0.39 is 11.4 Å². The number of carbonyl (C=O) groups is 1. The van der Waals surface area contributed by atoms with Gasteiger partial charge in [0, 0.05) is 23.9 Å². The molecule has 1 fully saturated rings. The van der Waals surface area contributed by atoms with Gasteiger partial charge >= 0.3 is 5.97 Å². The van der Waals surface area contributed by atoms with E-state index in [-0.39, 0.29) is 11.6 Å². The molecular formula is C21H23NO5. The Hall–Kier alpha value is -2.76. The van der Waals surface area contributed by atoms with Crippen LogP contribution in [-0.2, 0) is 6.42 Å². The minimum absolute atomic E-state index is 0.0934. The number of pyridine rings is 1. The van der Waals surface area contributed by atoms with Gasteiger partial charge in [0.05, 0.1) is 19.4 Å². The van der Waals surface area contributed by atoms with Crippen LogP contribution in [0.3, 0.4) is 0 Å². The maximum Gasteiger partial charge on any atom is 0.341 e. The fourth-order valence-electron chi connectivity index (χ4n) is 3.70. The third-order valence-electron chi connectivity index (χ3n) is 5.47. The van der Waals surface area contributed by atoms with Gasteiger partial charge < -0.3 is 19.1 Å². The molecule has 0 spiro atoms. The van der Waals surface area contributed by atoms with Crippen molar-refractivity contribution in [1.82, 2.24) is 4.57 Å². The summed E-state index contributed by atoms with van der Waals surface area (Å²) in [7, 11) is 1.60. The lowest BCUT2D eigenvalue weighted by Crippen LogP contribution is -2.25. The second-order valence-electron chi connectivity index (χ2n) is 7.33. The van der Waals surface area contributed by atoms with Crippen molar-refractivity contribution in [3.8, 4) is 22.8 Å². The molecule has 1 saturated carbocycles. The van der Waals surface area contributed by atoms with Crippen LogP contribution in [0.4, 0.5) is 0 Å². The van der Waals surface area contributed by atoms with Crippen LogP contribution < -0.4 is 14.9 Å². The number of carboxylic acid groups (broad SMARTS) is 1. The molecule has 1 aliphatic heterocycles. The number of fused-ring (bicyclic) bond motifs is 3. The lowest BCUT2D eigenvalue weighted by Gasteiger charge is -2.31. The molecule has 0 radical (unpaired) electrons. The van der Waals surface area contributed by atoms with Crippen LogP contribution in [0.2, 0.25) is 0 Å². The second kappa shape index (κ2) is 6.76. The zero-order chi connectivity index (χ0) is 19.1. The number of hydrogen-bond donors (Lipinski definition) is 1. The van der Waals surface area contributed by atoms with Crippen molar-refractivity contribution < 1.29 is 19.4 Å². The van der Waals surface area contributed by atoms with Crippen molar-refractivity contribution in [2.45, 2.75) is 38.6 Å². The average molecular weight is 369 g/mol. The molecule has 2 heterocycles. The lowest BCUT2D eigenvalue weighted by molar-refractivity contribution is 0.0694. The van der Waals surface area contributed by atoms with Gasteiger partial charge in [-0.2, -0.15) is 0 Å². The third-order valence-corrected chi connectivity index (χ3v) is 5.47. The van der Waals surface area contributed by atoms with Crippen molar-refractivity contribution in [1.29, 1.82) is 0 Å². The molecule has 0 amide bonds. The molecule has 142 valence electrons. The number of aromatic nitrogens is 1. The zero-order valence-electron chi connectivity index (χ0n) is 15.5. The highest BCUT2D eigenvalue weighted by Gasteiger charge is 2.28. The van der Waals surface area contributed by atoms with Gasteiger partial charge in [0.15, 0.2) is 16.9 Å². The van der Waals surface area contributed by atoms with Crippen molar-refractivity contribution in [2.75, 3.05) is 13.7 Å². The maximum atomic E-state index is 12.3. The molecule has 6 nitrogen and oxygen atoms in total. The highest BCUT2D eigenvalue weighted by Crippen LogP contribution is 2.42. The quantitative estimate of drug-likeness (QED) is 0.843. The lowest BCUT2D eigenvalue weighted by atomic mass is 9.90. The smallest absolute Gasteiger partial charge is 0.341 e. The van der Waals surface area contributed by atoms with Crippen molar-refractivity contribution in [3.63, 3.8) is 0 Å². The SMILES string of the molecule is CC[C@H]1Cc2cc(OCC3CC3)c(OC)cc2-c2cc(=O)c(C(=O)O)cn21. The Kier molecular flexibility index (Phi) is 4.42. The highest BCUT2D eigenvalue weighted by molar-refractivity contribution is 5.87. The van der Waals surface area contributed by atoms with Crippen LogP contribution in [0.1, 0.15) is 48.1 Å². The Morgan fingerprint density at radius 2 is 2.04 bits per heavy atom. The summed E-state index contributed by atoms with van der Waals surface area (Å²) in [4.78, 5) is 23.7. The number of rotatable bonds is 6. The minimum Gasteiger partial charge on any atom is -0.493 e. The van der Waals surface area contributed by atoms with E-state index in [2.05, 4.69) is 6.92 Å². The van der Waals surface area contributed by atoms with Crippen LogP contribution in [0.5, 0.6) is 11.5 Å². The Morgan fingerprint density at radius 1 is 1.26 bits per heavy atom. The van der Waals surface area contributed by atoms with E-state index in [1.807, 2.05) is 16.7 Å². The molecule has 1 aliphatic carbocycles. The van der Waals surface area contributed by atoms with Gasteiger partial charge in [0.25, 0.3) is 0 Å². The summed E-state index contributed by atoms with van der Waals surface area (Å²) in [5.41, 5.74) is 2.03. The van der Waals surface area contributed by atoms with E-state index in [1.165, 1.54) is 25.1 Å². The Balaban J connectivity index is 1.83. The van der Waals surface area contributed by atoms with Crippen LogP contribution >= 0.6 is 0 Å². The number of aromatic carboxylic acids is 1. The molecule has 27 heavy (non-hydrogen) atoms. The van der Waals surface area contributed by atoms with Gasteiger partial charge in [-0.3, -0.25) is 4.79 Å². The summed E-state index contributed by atoms with van der Waals surface area (Å²) in [5.74, 6) is 0.807. The summed E-state index contributed by atoms with van der Waals surface area (Å²) in [6.07, 6.45) is 5.49. The minimum atomic E-state index is -1.20. The number of ether oxygens (including phenoxy) is 2. The molecule has 0 bridgehead atoms. The Bertz CT molecular complexity index is 958. The molecule has 0 unspecified atom stereocenters. The first-order valence-corrected chi connectivity index (χ1v) is 9.35. The van der Waals surface area contributed by atoms with E-state index in [0.29, 0.717) is 18.3 Å². The predicted molar refractivity (Wildman–Crippen MR) is 101 cm³/mol. The van der Waals surface area contributed by atoms with E-state index in [0.717, 1.165) is 35.4 Å². The maximum absolute atomic E-state index is 12.3. The van der Waals surface area contributed by atoms with E-state index in [4.69, 9.17) is 9.47 Å². The third kappa shape index (κ3) is 3.20. The van der Waals surface area contributed by atoms with Gasteiger partial charge in [-0.1, -0.05) is 6.92 Å². The fraction of sp³-hybridized carbons (Fsp3) is 0.429. The normalized spacial score (nSPS) is 17.8. The molecule has 4 rings (SSSR count). The standard InChI is InChI=1S/C21H23NO5/c1-3-14-6-13-7-20(27-11-12-4-5-12)19(26-2)8-15(13)17-9-18(23)16(21(24)25)10-22(14)17/h7-10,12,14H,3-6,11H2,1-2H3,(H,24,25)/t14-/m0/s1. The van der Waals surface area contributed by atoms with Crippen LogP contribution in [0.25, 0.3) is 11.3 Å². The van der Waals surface area contributed by atoms with Gasteiger partial charge in [0.1, 0.15) is 5.56 Å². The number of nitrogens with zero attached hydrogens (tertiary/aromatic N) is 1. The Labute approximate surface area is 157 Å². The predicted octanol–water partition coefficient (Wildman–Crippen LogP) is 3.52. The largest absolute Gasteiger partial charge is 0.493 e. The fourth-order valence-corrected chi connectivity index (χ4v) is 3.70. The summed E-state index contributed by atoms with van der Waals surface area (Å²) in [6, 6.07) is 5.43. The molecule has 6 heteroatoms. The molecule has 1 atom stereocenters. The number of carboxylic acids is 1. The first kappa shape index (κ1) is 17.6. The van der Waals surface area contributed by atoms with Crippen molar-refractivity contribution >= 4 is 5.97 Å². The van der Waals surface area contributed by atoms with Crippen molar-refractivity contribution in [3.05, 3.63) is 45.7 Å². The van der Waals surface area contributed by atoms with E-state index in [1.54, 1.807) is 7.11 Å². The van der Waals surface area contributed by atoms with E-state index >= 15 is 0 Å². The first-order valence-electron chi connectivity index (χ1n) is 9.35. The summed E-state index contributed by atoms with van der Waals surface area (Å²) in [5, 5.41) is 9.30. The molecule has 1 N–H and O–H groups in total. The summed E-state index contributed by atoms with van der Waals surface area (Å²) >= 11 is 0. The molecular weight excluding hydrogens is 346 g/mol. The molecule has 0 saturated heterocycles. The molecule has 1 aromatic carbocycles. The van der Waals surface area contributed by atoms with Crippen LogP contribution in [-0.4, -0.2) is 29.4 Å². The van der Waals surface area contributed by atoms with Gasteiger partial charge in [-0.15, -0.1) is 0 Å². The average Bonchev–Trinajstić information content (AvgIpc) is 3.48. The number of methoxy groups -OCH3 is 1. The molecule has 2 aliphatic rings. The molecule has 2 aromatic rings. The number of benzene rings is 1. The van der Waals surface area contributed by atoms with E-state index in [9.17, 15) is 14.7 Å². The number of hydrogen-bond acceptors (Lipinski definition) is 4. The van der Waals surface area contributed by atoms with Crippen molar-refractivity contribution in [2.24, 2.45) is 5.92 Å². The summed E-state index contributed by atoms with van der Waals surface area (Å²) < 4.78 is 13.4. The Morgan fingerprint density at radius 3 is 2.67 bits per heavy atom. The monoisotopic (exact) mass is 369 g/mol. The topological polar surface area (TPSA) is 77.8 Å². The van der Waals surface area contributed by atoms with Gasteiger partial charge in [0.2, 0.25) is 0 Å². The van der Waals surface area contributed by atoms with Crippen LogP contribution in [0.15, 0.2) is 29.2 Å². The highest BCUT2D eigenvalue weighted by atomic mass is 16.5. The van der Waals surface area contributed by atoms with Gasteiger partial charge in [-0.05, 0) is 49.3 Å². The summed E-state index contributed by atoms with van der Waals surface area (Å²) in [6.45, 7) is 2.76. The second-order valence-corrected chi connectivity index (χ2v) is 7.33. The first-order chi connectivity index (χ1) is 13.0. The van der Waals surface area contributed by atoms with Gasteiger partial charge in [-0.25, -0.2) is 4.79 Å². The zero-order valence-corrected chi connectivity index (χ0v) is 15.5. The van der Waals surface area contributed by atoms with Crippen LogP contribution in [0, 0.1) is 5.92 Å². The molecule has 1 aromatic heterocycles.